The summed E-state index contributed by atoms with van der Waals surface area (Å²) in [7, 11) is -14.7. The molecule has 0 amide bonds. The molecule has 0 aliphatic heterocycles. The fourth-order valence-corrected chi connectivity index (χ4v) is 7.81. The second kappa shape index (κ2) is 14.7. The van der Waals surface area contributed by atoms with Gasteiger partial charge in [0.25, 0.3) is 30.4 Å². The molecule has 25 heteroatoms. The topological polar surface area (TPSA) is 309 Å². The maximum absolute atomic E-state index is 14.5. The molecule has 0 aliphatic rings. The summed E-state index contributed by atoms with van der Waals surface area (Å²) in [5.74, 6) is -1.95. The number of anilines is 4. The van der Waals surface area contributed by atoms with Gasteiger partial charge < -0.3 is 15.7 Å². The summed E-state index contributed by atoms with van der Waals surface area (Å²) in [5.41, 5.74) is -1.35. The minimum Gasteiger partial charge on any atom is -0.505 e. The zero-order chi connectivity index (χ0) is 39.0. The normalized spacial score (nSPS) is 12.5. The first-order valence-corrected chi connectivity index (χ1v) is 19.4. The molecule has 1 aromatic heterocycles. The molecule has 6 aromatic rings. The monoisotopic (exact) mass is 821 g/mol. The summed E-state index contributed by atoms with van der Waals surface area (Å²) in [6.07, 6.45) is -1.40. The largest absolute Gasteiger partial charge is 0.505 e. The minimum absolute atomic E-state index is 0.0108. The summed E-state index contributed by atoms with van der Waals surface area (Å²) >= 11 is 0.165. The first-order valence-electron chi connectivity index (χ1n) is 14.3. The van der Waals surface area contributed by atoms with Gasteiger partial charge in [0.1, 0.15) is 21.2 Å². The van der Waals surface area contributed by atoms with E-state index in [1.54, 1.807) is 12.1 Å². The molecular weight excluding hydrogens is 802 g/mol. The third kappa shape index (κ3) is 8.19. The van der Waals surface area contributed by atoms with E-state index >= 15 is 0 Å². The Morgan fingerprint density at radius 1 is 0.704 bits per heavy atom. The number of phenols is 1. The summed E-state index contributed by atoms with van der Waals surface area (Å²) in [6, 6.07) is 16.7. The lowest BCUT2D eigenvalue weighted by molar-refractivity contribution is -0.432. The molecule has 20 nitrogen and oxygen atoms in total. The van der Waals surface area contributed by atoms with E-state index in [9.17, 15) is 48.4 Å². The number of halogens is 1. The van der Waals surface area contributed by atoms with Crippen LogP contribution in [0.25, 0.3) is 21.5 Å². The van der Waals surface area contributed by atoms with Crippen LogP contribution in [0.15, 0.2) is 109 Å². The van der Waals surface area contributed by atoms with E-state index in [1.807, 2.05) is 0 Å². The van der Waals surface area contributed by atoms with Crippen molar-refractivity contribution in [3.63, 3.8) is 0 Å². The van der Waals surface area contributed by atoms with Crippen LogP contribution in [0.1, 0.15) is 0 Å². The molecule has 7 N–H and O–H groups in total. The van der Waals surface area contributed by atoms with Crippen molar-refractivity contribution in [1.29, 1.82) is 0 Å². The van der Waals surface area contributed by atoms with E-state index in [4.69, 9.17) is 5.26 Å². The summed E-state index contributed by atoms with van der Waals surface area (Å²) in [5, 5.41) is 36.3. The lowest BCUT2D eigenvalue weighted by Gasteiger charge is -2.15. The van der Waals surface area contributed by atoms with Crippen molar-refractivity contribution in [2.24, 2.45) is 10.2 Å². The van der Waals surface area contributed by atoms with E-state index in [-0.39, 0.29) is 39.1 Å². The Balaban J connectivity index is 1.45. The third-order valence-electron chi connectivity index (χ3n) is 7.21. The number of fused-ring (bicyclic) bond motifs is 2. The highest BCUT2D eigenvalue weighted by Gasteiger charge is 2.26. The van der Waals surface area contributed by atoms with Gasteiger partial charge in [-0.05, 0) is 47.9 Å². The van der Waals surface area contributed by atoms with Crippen LogP contribution in [-0.4, -0.2) is 64.2 Å². The molecule has 0 aliphatic carbocycles. The predicted octanol–water partition coefficient (Wildman–Crippen LogP) is 6.09. The number of hydrogen-bond donors (Lipinski definition) is 7. The highest BCUT2D eigenvalue weighted by atomic mass is 32.2. The number of aromatic hydroxyl groups is 1. The smallest absolute Gasteiger partial charge is 0.315 e. The minimum atomic E-state index is -5.25. The average molecular weight is 822 g/mol. The van der Waals surface area contributed by atoms with Gasteiger partial charge in [-0.15, -0.1) is 14.6 Å². The molecule has 6 rings (SSSR count). The number of benzene rings is 5. The van der Waals surface area contributed by atoms with Crippen LogP contribution in [0.3, 0.4) is 0 Å². The maximum atomic E-state index is 14.5. The summed E-state index contributed by atoms with van der Waals surface area (Å²) in [4.78, 5) is 8.45. The molecule has 1 heterocycles. The molecule has 0 atom stereocenters. The zero-order valence-electron chi connectivity index (χ0n) is 26.3. The van der Waals surface area contributed by atoms with Crippen LogP contribution < -0.4 is 10.6 Å². The maximum Gasteiger partial charge on any atom is 0.315 e. The molecule has 54 heavy (non-hydrogen) atoms. The predicted molar refractivity (Wildman–Crippen MR) is 187 cm³/mol. The third-order valence-corrected chi connectivity index (χ3v) is 10.6. The van der Waals surface area contributed by atoms with Crippen LogP contribution in [0.2, 0.25) is 0 Å². The fraction of sp³-hybridized carbons (Fsp3) is 0. The van der Waals surface area contributed by atoms with Crippen molar-refractivity contribution in [2.45, 2.75) is 19.6 Å². The standard InChI is InChI=1S/C29H20FN7O13S4/c30-27-33-28(31-15-5-3-6-16(12-15)52(40,41)42)35-29(34-27)32-20-11-9-18-19(26(20)54(46,47)48)13-22(51-50-49-39)23(24(18)38)37-36-21-10-8-14-4-1-2-7-17(14)25(21)53(43,44)45/h1-13,38-39H,(H,40,41,42)(H,43,44,45)(H,46,47,48)(H2,31,32,33,34,35). The van der Waals surface area contributed by atoms with E-state index in [0.717, 1.165) is 30.3 Å². The number of azo groups is 1. The number of nitrogens with zero attached hydrogens (tertiary/aromatic N) is 5. The molecule has 0 unspecified atom stereocenters. The number of aromatic nitrogens is 3. The molecular formula is C29H20FN7O13S4. The van der Waals surface area contributed by atoms with Crippen LogP contribution in [-0.2, 0) is 39.7 Å². The van der Waals surface area contributed by atoms with Crippen molar-refractivity contribution in [3.8, 4) is 5.75 Å². The van der Waals surface area contributed by atoms with E-state index < -0.39 is 85.5 Å². The molecule has 0 bridgehead atoms. The van der Waals surface area contributed by atoms with Gasteiger partial charge in [-0.2, -0.15) is 44.6 Å². The first-order chi connectivity index (χ1) is 25.4. The lowest BCUT2D eigenvalue weighted by atomic mass is 10.1. The highest BCUT2D eigenvalue weighted by molar-refractivity contribution is 7.94. The lowest BCUT2D eigenvalue weighted by Crippen LogP contribution is -2.09. The fourth-order valence-electron chi connectivity index (χ4n) is 5.11. The van der Waals surface area contributed by atoms with Gasteiger partial charge >= 0.3 is 6.08 Å². The van der Waals surface area contributed by atoms with Gasteiger partial charge in [0.05, 0.1) is 27.5 Å². The number of hydrogen-bond acceptors (Lipinski definition) is 18. The number of phenolic OH excluding ortho intramolecular Hbond substituents is 1. The second-order valence-corrected chi connectivity index (χ2v) is 15.5. The Labute approximate surface area is 306 Å². The van der Waals surface area contributed by atoms with Crippen LogP contribution >= 0.6 is 12.0 Å². The van der Waals surface area contributed by atoms with Gasteiger partial charge in [-0.1, -0.05) is 41.4 Å². The SMILES string of the molecule is O=S(=O)(O)c1cccc(Nc2nc(F)nc(Nc3ccc4c(O)c(N=Nc5ccc6ccccc6c5S(=O)(=O)O)c(SOOO)cc4c3S(=O)(=O)O)n2)c1. The molecule has 280 valence electrons. The molecule has 0 saturated heterocycles. The Kier molecular flexibility index (Phi) is 10.4. The molecule has 0 radical (unpaired) electrons. The Morgan fingerprint density at radius 3 is 2.09 bits per heavy atom. The van der Waals surface area contributed by atoms with Crippen molar-refractivity contribution < 1.29 is 63.0 Å². The van der Waals surface area contributed by atoms with Gasteiger partial charge in [-0.3, -0.25) is 13.7 Å². The average Bonchev–Trinajstić information content (AvgIpc) is 3.08. The zero-order valence-corrected chi connectivity index (χ0v) is 29.5. The van der Waals surface area contributed by atoms with Crippen LogP contribution in [0.5, 0.6) is 5.75 Å². The van der Waals surface area contributed by atoms with E-state index in [1.165, 1.54) is 36.4 Å². The molecule has 0 fully saturated rings. The van der Waals surface area contributed by atoms with E-state index in [0.29, 0.717) is 5.39 Å². The number of nitrogens with one attached hydrogen (secondary N) is 2. The van der Waals surface area contributed by atoms with Crippen molar-refractivity contribution in [2.75, 3.05) is 10.6 Å². The second-order valence-electron chi connectivity index (χ2n) is 10.6. The van der Waals surface area contributed by atoms with Gasteiger partial charge in [-0.25, -0.2) is 5.26 Å². The quantitative estimate of drug-likeness (QED) is 0.0241. The summed E-state index contributed by atoms with van der Waals surface area (Å²) < 4.78 is 122. The van der Waals surface area contributed by atoms with Crippen LogP contribution in [0.4, 0.5) is 39.0 Å². The van der Waals surface area contributed by atoms with Crippen molar-refractivity contribution >= 4 is 98.6 Å². The van der Waals surface area contributed by atoms with Crippen LogP contribution in [0, 0.1) is 6.08 Å². The van der Waals surface area contributed by atoms with Crippen molar-refractivity contribution in [3.05, 3.63) is 84.9 Å². The molecule has 0 spiro atoms. The Hall–Kier alpha value is -5.48. The van der Waals surface area contributed by atoms with E-state index in [2.05, 4.69) is 45.2 Å². The van der Waals surface area contributed by atoms with Gasteiger partial charge in [0.15, 0.2) is 5.75 Å². The molecule has 0 saturated carbocycles. The first kappa shape index (κ1) is 38.3. The number of rotatable bonds is 12. The summed E-state index contributed by atoms with van der Waals surface area (Å²) in [6.45, 7) is 0. The van der Waals surface area contributed by atoms with Gasteiger partial charge in [0, 0.05) is 21.8 Å². The molecule has 5 aromatic carbocycles. The van der Waals surface area contributed by atoms with Gasteiger partial charge in [0.2, 0.25) is 11.9 Å². The Bertz CT molecular complexity index is 2850. The highest BCUT2D eigenvalue weighted by Crippen LogP contribution is 2.47. The van der Waals surface area contributed by atoms with Crippen molar-refractivity contribution in [1.82, 2.24) is 15.0 Å². The Morgan fingerprint density at radius 2 is 1.41 bits per heavy atom.